The van der Waals surface area contributed by atoms with Gasteiger partial charge in [0.1, 0.15) is 0 Å². The summed E-state index contributed by atoms with van der Waals surface area (Å²) in [5.41, 5.74) is 1.69. The van der Waals surface area contributed by atoms with Gasteiger partial charge in [0.25, 0.3) is 17.8 Å². The number of hydrogen-bond donors (Lipinski definition) is 0. The molecular formula is C33H33BO9. The zero-order valence-corrected chi connectivity index (χ0v) is 24.4. The minimum Gasteiger partial charge on any atom is -0.490 e. The Balaban J connectivity index is 1.31. The maximum atomic E-state index is 6.10. The largest absolute Gasteiger partial charge is 0.870 e. The van der Waals surface area contributed by atoms with Crippen LogP contribution in [-0.4, -0.2) is 27.1 Å². The van der Waals surface area contributed by atoms with Crippen molar-refractivity contribution in [2.45, 2.75) is 40.0 Å². The fourth-order valence-corrected chi connectivity index (χ4v) is 4.55. The summed E-state index contributed by atoms with van der Waals surface area (Å²) >= 11 is 0. The number of ether oxygens (including phenoxy) is 3. The fraction of sp³-hybridized carbons (Fsp3) is 0.273. The van der Waals surface area contributed by atoms with Gasteiger partial charge in [0.15, 0.2) is 34.0 Å². The molecule has 0 atom stereocenters. The van der Waals surface area contributed by atoms with Crippen LogP contribution in [0.4, 0.5) is 0 Å². The summed E-state index contributed by atoms with van der Waals surface area (Å²) in [6.45, 7) is 7.84. The number of fused-ring (bicyclic) bond motifs is 3. The highest BCUT2D eigenvalue weighted by Gasteiger charge is 2.35. The third kappa shape index (κ3) is 6.33. The molecule has 222 valence electrons. The van der Waals surface area contributed by atoms with Crippen LogP contribution < -0.4 is 28.2 Å². The molecule has 0 amide bonds. The lowest BCUT2D eigenvalue weighted by molar-refractivity contribution is 0.227. The first-order valence-corrected chi connectivity index (χ1v) is 14.6. The van der Waals surface area contributed by atoms with E-state index in [1.165, 1.54) is 0 Å². The first kappa shape index (κ1) is 28.3. The first-order chi connectivity index (χ1) is 21.1. The topological polar surface area (TPSA) is 94.8 Å². The highest BCUT2D eigenvalue weighted by molar-refractivity contribution is 6.39. The van der Waals surface area contributed by atoms with Gasteiger partial charge < -0.3 is 41.4 Å². The molecule has 0 radical (unpaired) electrons. The van der Waals surface area contributed by atoms with E-state index in [9.17, 15) is 0 Å². The molecule has 3 heterocycles. The van der Waals surface area contributed by atoms with E-state index in [1.807, 2.05) is 75.4 Å². The molecule has 0 spiro atoms. The normalized spacial score (nSPS) is 11.2. The van der Waals surface area contributed by atoms with E-state index in [0.717, 1.165) is 35.4 Å². The summed E-state index contributed by atoms with van der Waals surface area (Å²) in [5.74, 6) is 2.38. The summed E-state index contributed by atoms with van der Waals surface area (Å²) in [6, 6.07) is 22.2. The van der Waals surface area contributed by atoms with Crippen molar-refractivity contribution in [2.24, 2.45) is 0 Å². The van der Waals surface area contributed by atoms with E-state index in [4.69, 9.17) is 41.4 Å². The van der Waals surface area contributed by atoms with Gasteiger partial charge in [-0.1, -0.05) is 57.2 Å². The van der Waals surface area contributed by atoms with Crippen LogP contribution in [0.3, 0.4) is 0 Å². The molecule has 0 aliphatic heterocycles. The van der Waals surface area contributed by atoms with Crippen molar-refractivity contribution in [3.05, 3.63) is 72.8 Å². The quantitative estimate of drug-likeness (QED) is 0.110. The predicted molar refractivity (Wildman–Crippen MR) is 164 cm³/mol. The minimum atomic E-state index is -1.35. The molecule has 9 nitrogen and oxygen atoms in total. The number of para-hydroxylation sites is 3. The molecule has 3 aromatic heterocycles. The van der Waals surface area contributed by atoms with Gasteiger partial charge in [-0.15, -0.1) is 0 Å². The van der Waals surface area contributed by atoms with E-state index in [-0.39, 0.29) is 17.8 Å². The van der Waals surface area contributed by atoms with Crippen molar-refractivity contribution >= 4 is 40.2 Å². The molecular weight excluding hydrogens is 551 g/mol. The van der Waals surface area contributed by atoms with Crippen molar-refractivity contribution in [1.29, 1.82) is 0 Å². The van der Waals surface area contributed by atoms with Gasteiger partial charge >= 0.3 is 7.32 Å². The second kappa shape index (κ2) is 13.0. The van der Waals surface area contributed by atoms with Crippen LogP contribution >= 0.6 is 0 Å². The molecule has 0 saturated heterocycles. The van der Waals surface area contributed by atoms with E-state index in [2.05, 4.69) is 0 Å². The van der Waals surface area contributed by atoms with Crippen LogP contribution in [0.1, 0.15) is 40.0 Å². The van der Waals surface area contributed by atoms with Crippen molar-refractivity contribution in [3.63, 3.8) is 0 Å². The standard InChI is InChI=1S/C33H33BO9/c1-4-16-35-25-13-7-10-22-19-28(38-31(22)25)41-34(42-29-20-23-11-8-14-26(32(23)39-29)36-17-5-2)43-30-21-24-12-9-15-27(33(24)40-30)37-18-6-3/h7-15,19-21H,4-6,16-18H2,1-3H3. The van der Waals surface area contributed by atoms with Crippen LogP contribution in [0.5, 0.6) is 35.1 Å². The molecule has 0 bridgehead atoms. The van der Waals surface area contributed by atoms with Gasteiger partial charge in [-0.2, -0.15) is 0 Å². The third-order valence-electron chi connectivity index (χ3n) is 6.48. The molecule has 0 N–H and O–H groups in total. The van der Waals surface area contributed by atoms with Crippen molar-refractivity contribution < 1.29 is 41.4 Å². The van der Waals surface area contributed by atoms with Crippen LogP contribution in [0, 0.1) is 0 Å². The van der Waals surface area contributed by atoms with Gasteiger partial charge in [0.05, 0.1) is 19.8 Å². The number of hydrogen-bond acceptors (Lipinski definition) is 9. The number of benzene rings is 3. The Morgan fingerprint density at radius 1 is 0.488 bits per heavy atom. The molecule has 3 aromatic carbocycles. The average molecular weight is 584 g/mol. The van der Waals surface area contributed by atoms with Crippen LogP contribution in [-0.2, 0) is 0 Å². The number of rotatable bonds is 15. The lowest BCUT2D eigenvalue weighted by Gasteiger charge is -2.11. The predicted octanol–water partition coefficient (Wildman–Crippen LogP) is 8.81. The second-order valence-corrected chi connectivity index (χ2v) is 9.91. The third-order valence-corrected chi connectivity index (χ3v) is 6.48. The Morgan fingerprint density at radius 3 is 1.12 bits per heavy atom. The van der Waals surface area contributed by atoms with Gasteiger partial charge in [0, 0.05) is 34.4 Å². The van der Waals surface area contributed by atoms with E-state index >= 15 is 0 Å². The molecule has 0 unspecified atom stereocenters. The maximum Gasteiger partial charge on any atom is 0.870 e. The Kier molecular flexibility index (Phi) is 8.53. The smallest absolute Gasteiger partial charge is 0.490 e. The Hall–Kier alpha value is -4.86. The Morgan fingerprint density at radius 2 is 0.814 bits per heavy atom. The second-order valence-electron chi connectivity index (χ2n) is 9.91. The molecule has 0 aliphatic carbocycles. The van der Waals surface area contributed by atoms with Crippen molar-refractivity contribution in [2.75, 3.05) is 19.8 Å². The van der Waals surface area contributed by atoms with Crippen LogP contribution in [0.15, 0.2) is 86.0 Å². The highest BCUT2D eigenvalue weighted by Crippen LogP contribution is 2.36. The van der Waals surface area contributed by atoms with Gasteiger partial charge in [0.2, 0.25) is 0 Å². The summed E-state index contributed by atoms with van der Waals surface area (Å²) in [4.78, 5) is 0. The SMILES string of the molecule is CCCOc1cccc2cc(OB(Oc3cc4cccc(OCCC)c4o3)Oc3cc4cccc(OCCC)c4o3)oc12. The van der Waals surface area contributed by atoms with Crippen LogP contribution in [0.25, 0.3) is 32.9 Å². The molecule has 43 heavy (non-hydrogen) atoms. The monoisotopic (exact) mass is 584 g/mol. The van der Waals surface area contributed by atoms with E-state index in [1.54, 1.807) is 18.2 Å². The Labute approximate surface area is 249 Å². The highest BCUT2D eigenvalue weighted by atomic mass is 16.8. The average Bonchev–Trinajstić information content (AvgIpc) is 3.74. The zero-order valence-electron chi connectivity index (χ0n) is 24.4. The summed E-state index contributed by atoms with van der Waals surface area (Å²) < 4.78 is 54.0. The zero-order chi connectivity index (χ0) is 29.6. The summed E-state index contributed by atoms with van der Waals surface area (Å²) in [7, 11) is -1.35. The van der Waals surface area contributed by atoms with Crippen molar-refractivity contribution in [1.82, 2.24) is 0 Å². The first-order valence-electron chi connectivity index (χ1n) is 14.6. The lowest BCUT2D eigenvalue weighted by atomic mass is 10.2. The van der Waals surface area contributed by atoms with E-state index < -0.39 is 7.32 Å². The molecule has 0 aliphatic rings. The molecule has 0 saturated carbocycles. The number of furan rings is 3. The molecule has 6 aromatic rings. The maximum absolute atomic E-state index is 6.10. The van der Waals surface area contributed by atoms with E-state index in [0.29, 0.717) is 53.8 Å². The van der Waals surface area contributed by atoms with Crippen molar-refractivity contribution in [3.8, 4) is 35.1 Å². The fourth-order valence-electron chi connectivity index (χ4n) is 4.55. The molecule has 0 fully saturated rings. The van der Waals surface area contributed by atoms with Crippen LogP contribution in [0.2, 0.25) is 0 Å². The molecule has 6 rings (SSSR count). The lowest BCUT2D eigenvalue weighted by Crippen LogP contribution is -2.36. The van der Waals surface area contributed by atoms with Gasteiger partial charge in [-0.25, -0.2) is 0 Å². The summed E-state index contributed by atoms with van der Waals surface area (Å²) in [6.07, 6.45) is 2.61. The minimum absolute atomic E-state index is 0.165. The Bertz CT molecular complexity index is 1590. The summed E-state index contributed by atoms with van der Waals surface area (Å²) in [5, 5.41) is 2.43. The van der Waals surface area contributed by atoms with Gasteiger partial charge in [-0.3, -0.25) is 0 Å². The molecule has 10 heteroatoms. The van der Waals surface area contributed by atoms with Gasteiger partial charge in [-0.05, 0) is 37.5 Å².